The first-order valence-electron chi connectivity index (χ1n) is 17.0. The van der Waals surface area contributed by atoms with Gasteiger partial charge in [-0.25, -0.2) is 0 Å². The van der Waals surface area contributed by atoms with Crippen molar-refractivity contribution in [2.24, 2.45) is 0 Å². The lowest BCUT2D eigenvalue weighted by Gasteiger charge is -2.29. The predicted molar refractivity (Wildman–Crippen MR) is 216 cm³/mol. The summed E-state index contributed by atoms with van der Waals surface area (Å²) in [5, 5.41) is 2.61. The largest absolute Gasteiger partial charge is 0.310 e. The molecule has 2 heteroatoms. The van der Waals surface area contributed by atoms with Crippen LogP contribution in [0.3, 0.4) is 0 Å². The normalized spacial score (nSPS) is 11.2. The molecule has 0 aliphatic heterocycles. The van der Waals surface area contributed by atoms with Gasteiger partial charge in [0.05, 0.1) is 5.69 Å². The molecule has 1 aromatic heterocycles. The molecule has 0 aliphatic carbocycles. The van der Waals surface area contributed by atoms with Crippen LogP contribution in [0.4, 0.5) is 17.1 Å². The van der Waals surface area contributed by atoms with Crippen LogP contribution in [0.25, 0.3) is 64.7 Å². The smallest absolute Gasteiger partial charge is 0.0546 e. The van der Waals surface area contributed by atoms with Gasteiger partial charge >= 0.3 is 0 Å². The minimum atomic E-state index is 1.11. The number of thiophene rings is 1. The number of hydrogen-bond acceptors (Lipinski definition) is 2. The summed E-state index contributed by atoms with van der Waals surface area (Å²) in [4.78, 5) is 2.41. The number of anilines is 3. The van der Waals surface area contributed by atoms with Crippen molar-refractivity contribution in [2.45, 2.75) is 0 Å². The molecule has 1 heterocycles. The van der Waals surface area contributed by atoms with E-state index in [0.29, 0.717) is 0 Å². The molecular weight excluding hydrogens is 623 g/mol. The molecule has 0 bridgehead atoms. The summed E-state index contributed by atoms with van der Waals surface area (Å²) in [6, 6.07) is 72.3. The molecule has 0 spiro atoms. The number of rotatable bonds is 7. The average Bonchev–Trinajstić information content (AvgIpc) is 3.59. The summed E-state index contributed by atoms with van der Waals surface area (Å²) in [6.07, 6.45) is 0. The third-order valence-corrected chi connectivity index (χ3v) is 10.6. The number of para-hydroxylation sites is 1. The van der Waals surface area contributed by atoms with E-state index >= 15 is 0 Å². The summed E-state index contributed by atoms with van der Waals surface area (Å²) in [7, 11) is 0. The Morgan fingerprint density at radius 3 is 1.46 bits per heavy atom. The van der Waals surface area contributed by atoms with Gasteiger partial charge < -0.3 is 4.90 Å². The summed E-state index contributed by atoms with van der Waals surface area (Å²) < 4.78 is 2.61. The maximum absolute atomic E-state index is 2.41. The minimum Gasteiger partial charge on any atom is -0.310 e. The van der Waals surface area contributed by atoms with Gasteiger partial charge in [0.25, 0.3) is 0 Å². The van der Waals surface area contributed by atoms with Crippen molar-refractivity contribution in [3.05, 3.63) is 200 Å². The maximum Gasteiger partial charge on any atom is 0.0546 e. The number of nitrogens with zero attached hydrogens (tertiary/aromatic N) is 1. The Bertz CT molecular complexity index is 2550. The van der Waals surface area contributed by atoms with Gasteiger partial charge in [0.15, 0.2) is 0 Å². The first-order chi connectivity index (χ1) is 24.8. The highest BCUT2D eigenvalue weighted by molar-refractivity contribution is 7.25. The summed E-state index contributed by atoms with van der Waals surface area (Å²) in [5.74, 6) is 0. The Balaban J connectivity index is 1.21. The molecule has 50 heavy (non-hydrogen) atoms. The van der Waals surface area contributed by atoms with Crippen molar-refractivity contribution in [2.75, 3.05) is 4.90 Å². The lowest BCUT2D eigenvalue weighted by atomic mass is 9.94. The quantitative estimate of drug-likeness (QED) is 0.165. The van der Waals surface area contributed by atoms with E-state index in [1.165, 1.54) is 64.7 Å². The Morgan fingerprint density at radius 2 is 0.800 bits per heavy atom. The van der Waals surface area contributed by atoms with Gasteiger partial charge in [-0.15, -0.1) is 11.3 Å². The highest BCUT2D eigenvalue weighted by atomic mass is 32.1. The Labute approximate surface area is 297 Å². The van der Waals surface area contributed by atoms with E-state index < -0.39 is 0 Å². The van der Waals surface area contributed by atoms with Crippen molar-refractivity contribution in [1.29, 1.82) is 0 Å². The van der Waals surface area contributed by atoms with E-state index in [2.05, 4.69) is 205 Å². The van der Waals surface area contributed by atoms with Crippen molar-refractivity contribution in [3.8, 4) is 44.5 Å². The van der Waals surface area contributed by atoms with Gasteiger partial charge in [-0.1, -0.05) is 158 Å². The topological polar surface area (TPSA) is 3.24 Å². The van der Waals surface area contributed by atoms with Crippen LogP contribution >= 0.6 is 11.3 Å². The maximum atomic E-state index is 2.41. The van der Waals surface area contributed by atoms with E-state index in [1.807, 2.05) is 11.3 Å². The molecule has 0 atom stereocenters. The fourth-order valence-electron chi connectivity index (χ4n) is 7.05. The molecule has 236 valence electrons. The van der Waals surface area contributed by atoms with E-state index in [9.17, 15) is 0 Å². The van der Waals surface area contributed by atoms with Crippen LogP contribution < -0.4 is 4.90 Å². The van der Waals surface area contributed by atoms with E-state index in [0.717, 1.165) is 17.1 Å². The highest BCUT2D eigenvalue weighted by Crippen LogP contribution is 2.47. The molecule has 1 nitrogen and oxygen atoms in total. The zero-order valence-corrected chi connectivity index (χ0v) is 28.2. The second-order valence-electron chi connectivity index (χ2n) is 12.5. The summed E-state index contributed by atoms with van der Waals surface area (Å²) in [6.45, 7) is 0. The third-order valence-electron chi connectivity index (χ3n) is 9.50. The van der Waals surface area contributed by atoms with E-state index in [-0.39, 0.29) is 0 Å². The fraction of sp³-hybridized carbons (Fsp3) is 0. The first kappa shape index (κ1) is 29.9. The van der Waals surface area contributed by atoms with Crippen LogP contribution in [-0.2, 0) is 0 Å². The number of hydrogen-bond donors (Lipinski definition) is 0. The standard InChI is InChI=1S/C48H33NS/c1-4-13-34(14-5-1)36-23-25-37(26-24-36)38-27-30-41(31-28-38)49(40-17-8-3-9-18-40)45-33-39(35-15-6-2-7-16-35)29-32-42(45)43-20-12-22-47-48(43)44-19-10-11-21-46(44)50-47/h1-33H. The van der Waals surface area contributed by atoms with Crippen molar-refractivity contribution in [1.82, 2.24) is 0 Å². The number of fused-ring (bicyclic) bond motifs is 3. The summed E-state index contributed by atoms with van der Waals surface area (Å²) >= 11 is 1.86. The van der Waals surface area contributed by atoms with Gasteiger partial charge in [-0.2, -0.15) is 0 Å². The predicted octanol–water partition coefficient (Wildman–Crippen LogP) is 14.2. The van der Waals surface area contributed by atoms with Crippen LogP contribution in [0.5, 0.6) is 0 Å². The van der Waals surface area contributed by atoms with Gasteiger partial charge in [0.2, 0.25) is 0 Å². The SMILES string of the molecule is c1ccc(-c2ccc(-c3ccc(N(c4ccccc4)c4cc(-c5ccccc5)ccc4-c4cccc5sc6ccccc6c45)cc3)cc2)cc1. The number of benzene rings is 8. The minimum absolute atomic E-state index is 1.11. The lowest BCUT2D eigenvalue weighted by molar-refractivity contribution is 1.28. The Morgan fingerprint density at radius 1 is 0.320 bits per heavy atom. The van der Waals surface area contributed by atoms with Crippen LogP contribution in [0.15, 0.2) is 200 Å². The van der Waals surface area contributed by atoms with Crippen LogP contribution in [0.1, 0.15) is 0 Å². The van der Waals surface area contributed by atoms with Crippen LogP contribution in [0, 0.1) is 0 Å². The van der Waals surface area contributed by atoms with Crippen molar-refractivity contribution < 1.29 is 0 Å². The van der Waals surface area contributed by atoms with Gasteiger partial charge in [0, 0.05) is 37.1 Å². The molecule has 0 fully saturated rings. The zero-order valence-electron chi connectivity index (χ0n) is 27.4. The van der Waals surface area contributed by atoms with Crippen molar-refractivity contribution >= 4 is 48.6 Å². The van der Waals surface area contributed by atoms with Crippen LogP contribution in [-0.4, -0.2) is 0 Å². The molecule has 0 saturated heterocycles. The molecule has 0 unspecified atom stereocenters. The van der Waals surface area contributed by atoms with Crippen LogP contribution in [0.2, 0.25) is 0 Å². The first-order valence-corrected chi connectivity index (χ1v) is 17.8. The van der Waals surface area contributed by atoms with E-state index in [1.54, 1.807) is 0 Å². The fourth-order valence-corrected chi connectivity index (χ4v) is 8.18. The molecule has 9 rings (SSSR count). The van der Waals surface area contributed by atoms with Gasteiger partial charge in [-0.3, -0.25) is 0 Å². The molecule has 0 N–H and O–H groups in total. The lowest BCUT2D eigenvalue weighted by Crippen LogP contribution is -2.11. The third kappa shape index (κ3) is 5.56. The Kier molecular flexibility index (Phi) is 7.77. The molecule has 0 saturated carbocycles. The summed E-state index contributed by atoms with van der Waals surface area (Å²) in [5.41, 5.74) is 13.0. The second kappa shape index (κ2) is 13.0. The highest BCUT2D eigenvalue weighted by Gasteiger charge is 2.21. The molecule has 0 radical (unpaired) electrons. The molecule has 8 aromatic carbocycles. The zero-order chi connectivity index (χ0) is 33.3. The van der Waals surface area contributed by atoms with E-state index in [4.69, 9.17) is 0 Å². The monoisotopic (exact) mass is 655 g/mol. The Hall–Kier alpha value is -6.22. The molecule has 0 aliphatic rings. The molecule has 9 aromatic rings. The molecular formula is C48H33NS. The van der Waals surface area contributed by atoms with Crippen molar-refractivity contribution in [3.63, 3.8) is 0 Å². The molecule has 0 amide bonds. The average molecular weight is 656 g/mol. The second-order valence-corrected chi connectivity index (χ2v) is 13.6. The van der Waals surface area contributed by atoms with Gasteiger partial charge in [0.1, 0.15) is 0 Å². The van der Waals surface area contributed by atoms with Gasteiger partial charge in [-0.05, 0) is 81.4 Å².